The maximum absolute atomic E-state index is 12.9. The van der Waals surface area contributed by atoms with Gasteiger partial charge in [-0.05, 0) is 29.5 Å². The van der Waals surface area contributed by atoms with Crippen LogP contribution in [0.25, 0.3) is 0 Å². The lowest BCUT2D eigenvalue weighted by atomic mass is 9.99. The first-order chi connectivity index (χ1) is 8.82. The standard InChI is InChI=1S/C13H11ClF3NS/c1-7-6-19-12(10(7)14)11(18)8-4-2-3-5-9(8)13(15,16)17/h2-6,11H,18H2,1H3. The van der Waals surface area contributed by atoms with Crippen LogP contribution in [0.15, 0.2) is 29.6 Å². The van der Waals surface area contributed by atoms with E-state index in [-0.39, 0.29) is 5.56 Å². The molecule has 0 bridgehead atoms. The summed E-state index contributed by atoms with van der Waals surface area (Å²) in [4.78, 5) is 0.552. The molecule has 102 valence electrons. The van der Waals surface area contributed by atoms with Crippen molar-refractivity contribution in [3.63, 3.8) is 0 Å². The summed E-state index contributed by atoms with van der Waals surface area (Å²) in [5, 5.41) is 2.22. The van der Waals surface area contributed by atoms with Crippen LogP contribution in [0, 0.1) is 6.92 Å². The maximum atomic E-state index is 12.9. The van der Waals surface area contributed by atoms with E-state index in [1.165, 1.54) is 23.5 Å². The number of rotatable bonds is 2. The van der Waals surface area contributed by atoms with E-state index in [2.05, 4.69) is 0 Å². The van der Waals surface area contributed by atoms with E-state index in [4.69, 9.17) is 17.3 Å². The first-order valence-corrected chi connectivity index (χ1v) is 6.73. The van der Waals surface area contributed by atoms with E-state index in [1.807, 2.05) is 0 Å². The van der Waals surface area contributed by atoms with Gasteiger partial charge in [-0.2, -0.15) is 13.2 Å². The van der Waals surface area contributed by atoms with Gasteiger partial charge in [0.2, 0.25) is 0 Å². The molecular weight excluding hydrogens is 295 g/mol. The lowest BCUT2D eigenvalue weighted by Crippen LogP contribution is -2.17. The number of nitrogens with two attached hydrogens (primary N) is 1. The molecule has 19 heavy (non-hydrogen) atoms. The van der Waals surface area contributed by atoms with Crippen LogP contribution >= 0.6 is 22.9 Å². The Balaban J connectivity index is 2.51. The van der Waals surface area contributed by atoms with Gasteiger partial charge in [0, 0.05) is 4.88 Å². The summed E-state index contributed by atoms with van der Waals surface area (Å²) in [7, 11) is 0. The molecule has 2 N–H and O–H groups in total. The molecule has 1 unspecified atom stereocenters. The van der Waals surface area contributed by atoms with E-state index in [1.54, 1.807) is 18.4 Å². The molecule has 2 rings (SSSR count). The van der Waals surface area contributed by atoms with Gasteiger partial charge in [0.05, 0.1) is 16.6 Å². The topological polar surface area (TPSA) is 26.0 Å². The zero-order valence-corrected chi connectivity index (χ0v) is 11.5. The number of thiophene rings is 1. The first kappa shape index (κ1) is 14.4. The van der Waals surface area contributed by atoms with Gasteiger partial charge in [-0.15, -0.1) is 11.3 Å². The molecule has 1 atom stereocenters. The molecule has 0 aliphatic heterocycles. The van der Waals surface area contributed by atoms with E-state index in [0.717, 1.165) is 11.6 Å². The Morgan fingerprint density at radius 1 is 1.26 bits per heavy atom. The van der Waals surface area contributed by atoms with Crippen molar-refractivity contribution in [3.8, 4) is 0 Å². The summed E-state index contributed by atoms with van der Waals surface area (Å²) in [6.07, 6.45) is -4.42. The predicted octanol–water partition coefficient (Wildman–Crippen LogP) is 4.78. The van der Waals surface area contributed by atoms with Gasteiger partial charge in [0.1, 0.15) is 0 Å². The van der Waals surface area contributed by atoms with Gasteiger partial charge in [-0.25, -0.2) is 0 Å². The van der Waals surface area contributed by atoms with Crippen molar-refractivity contribution in [3.05, 3.63) is 56.2 Å². The molecule has 0 saturated carbocycles. The Hall–Kier alpha value is -1.04. The summed E-state index contributed by atoms with van der Waals surface area (Å²) in [6.45, 7) is 1.80. The molecule has 0 saturated heterocycles. The van der Waals surface area contributed by atoms with Crippen molar-refractivity contribution in [1.82, 2.24) is 0 Å². The number of halogens is 4. The summed E-state index contributed by atoms with van der Waals surface area (Å²) >= 11 is 7.34. The lowest BCUT2D eigenvalue weighted by Gasteiger charge is -2.17. The second kappa shape index (κ2) is 5.15. The monoisotopic (exact) mass is 305 g/mol. The molecular formula is C13H11ClF3NS. The number of aryl methyl sites for hydroxylation is 1. The second-order valence-electron chi connectivity index (χ2n) is 4.16. The number of hydrogen-bond acceptors (Lipinski definition) is 2. The highest BCUT2D eigenvalue weighted by Crippen LogP contribution is 2.39. The zero-order valence-electron chi connectivity index (χ0n) is 9.96. The van der Waals surface area contributed by atoms with Crippen molar-refractivity contribution >= 4 is 22.9 Å². The van der Waals surface area contributed by atoms with Gasteiger partial charge >= 0.3 is 6.18 Å². The highest BCUT2D eigenvalue weighted by Gasteiger charge is 2.35. The van der Waals surface area contributed by atoms with Gasteiger partial charge in [0.15, 0.2) is 0 Å². The Kier molecular flexibility index (Phi) is 3.90. The average molecular weight is 306 g/mol. The van der Waals surface area contributed by atoms with Crippen LogP contribution in [-0.2, 0) is 6.18 Å². The van der Waals surface area contributed by atoms with Crippen molar-refractivity contribution in [1.29, 1.82) is 0 Å². The molecule has 0 aliphatic rings. The SMILES string of the molecule is Cc1csc(C(N)c2ccccc2C(F)(F)F)c1Cl. The van der Waals surface area contributed by atoms with E-state index < -0.39 is 17.8 Å². The number of hydrogen-bond donors (Lipinski definition) is 1. The molecule has 2 aromatic rings. The molecule has 0 aliphatic carbocycles. The van der Waals surface area contributed by atoms with Crippen molar-refractivity contribution < 1.29 is 13.2 Å². The second-order valence-corrected chi connectivity index (χ2v) is 5.45. The van der Waals surface area contributed by atoms with Gasteiger partial charge in [-0.3, -0.25) is 0 Å². The van der Waals surface area contributed by atoms with Crippen molar-refractivity contribution in [2.45, 2.75) is 19.1 Å². The van der Waals surface area contributed by atoms with Crippen LogP contribution in [0.4, 0.5) is 13.2 Å². The Labute approximate surface area is 117 Å². The molecule has 6 heteroatoms. The summed E-state index contributed by atoms with van der Waals surface area (Å²) in [6, 6.07) is 4.44. The van der Waals surface area contributed by atoms with Crippen LogP contribution in [0.3, 0.4) is 0 Å². The zero-order chi connectivity index (χ0) is 14.2. The van der Waals surface area contributed by atoms with E-state index in [0.29, 0.717) is 9.90 Å². The maximum Gasteiger partial charge on any atom is 0.416 e. The Morgan fingerprint density at radius 3 is 2.42 bits per heavy atom. The van der Waals surface area contributed by atoms with Crippen LogP contribution in [0.1, 0.15) is 27.6 Å². The molecule has 1 heterocycles. The molecule has 0 amide bonds. The lowest BCUT2D eigenvalue weighted by molar-refractivity contribution is -0.138. The quantitative estimate of drug-likeness (QED) is 0.849. The highest BCUT2D eigenvalue weighted by atomic mass is 35.5. The van der Waals surface area contributed by atoms with Gasteiger partial charge in [-0.1, -0.05) is 29.8 Å². The van der Waals surface area contributed by atoms with Crippen molar-refractivity contribution in [2.24, 2.45) is 5.73 Å². The third-order valence-corrected chi connectivity index (χ3v) is 4.61. The summed E-state index contributed by atoms with van der Waals surface area (Å²) < 4.78 is 38.8. The smallest absolute Gasteiger partial charge is 0.320 e. The third-order valence-electron chi connectivity index (χ3n) is 2.81. The fraction of sp³-hybridized carbons (Fsp3) is 0.231. The predicted molar refractivity (Wildman–Crippen MR) is 71.5 cm³/mol. The largest absolute Gasteiger partial charge is 0.416 e. The molecule has 1 nitrogen and oxygen atoms in total. The van der Waals surface area contributed by atoms with Gasteiger partial charge < -0.3 is 5.73 Å². The van der Waals surface area contributed by atoms with Crippen LogP contribution in [0.5, 0.6) is 0 Å². The minimum Gasteiger partial charge on any atom is -0.320 e. The summed E-state index contributed by atoms with van der Waals surface area (Å²) in [5.74, 6) is 0. The van der Waals surface area contributed by atoms with Crippen molar-refractivity contribution in [2.75, 3.05) is 0 Å². The van der Waals surface area contributed by atoms with Crippen LogP contribution < -0.4 is 5.73 Å². The third kappa shape index (κ3) is 2.78. The minimum atomic E-state index is -4.42. The molecule has 1 aromatic carbocycles. The van der Waals surface area contributed by atoms with E-state index in [9.17, 15) is 13.2 Å². The molecule has 0 radical (unpaired) electrons. The molecule has 0 fully saturated rings. The van der Waals surface area contributed by atoms with Crippen LogP contribution in [-0.4, -0.2) is 0 Å². The fourth-order valence-corrected chi connectivity index (χ4v) is 3.16. The molecule has 0 spiro atoms. The normalized spacial score (nSPS) is 13.6. The Bertz CT molecular complexity index is 592. The summed E-state index contributed by atoms with van der Waals surface area (Å²) in [5.41, 5.74) is 6.10. The highest BCUT2D eigenvalue weighted by molar-refractivity contribution is 7.10. The number of alkyl halides is 3. The average Bonchev–Trinajstić information content (AvgIpc) is 2.68. The first-order valence-electron chi connectivity index (χ1n) is 5.47. The minimum absolute atomic E-state index is 0.0405. The van der Waals surface area contributed by atoms with E-state index >= 15 is 0 Å². The number of benzene rings is 1. The van der Waals surface area contributed by atoms with Crippen LogP contribution in [0.2, 0.25) is 5.02 Å². The molecule has 1 aromatic heterocycles. The fourth-order valence-electron chi connectivity index (χ4n) is 1.83. The van der Waals surface area contributed by atoms with Gasteiger partial charge in [0.25, 0.3) is 0 Å². The Morgan fingerprint density at radius 2 is 1.89 bits per heavy atom.